The summed E-state index contributed by atoms with van der Waals surface area (Å²) in [7, 11) is 2.27. The van der Waals surface area contributed by atoms with Gasteiger partial charge in [0.25, 0.3) is 0 Å². The minimum Gasteiger partial charge on any atom is -0.394 e. The lowest BCUT2D eigenvalue weighted by atomic mass is 9.78. The molecule has 3 nitrogen and oxygen atoms in total. The number of nitrogens with one attached hydrogen (secondary N) is 1. The SMILES string of the molecule is CCC(CC)N(C)C1CCCC(CO)(NC(C)C)C1. The van der Waals surface area contributed by atoms with Crippen LogP contribution >= 0.6 is 0 Å². The van der Waals surface area contributed by atoms with E-state index in [0.29, 0.717) is 18.1 Å². The second-order valence-electron chi connectivity index (χ2n) is 6.62. The van der Waals surface area contributed by atoms with Crippen LogP contribution in [0.5, 0.6) is 0 Å². The molecule has 1 fully saturated rings. The molecular formula is C16H34N2O. The first-order chi connectivity index (χ1) is 8.98. The van der Waals surface area contributed by atoms with Crippen molar-refractivity contribution in [3.63, 3.8) is 0 Å². The zero-order chi connectivity index (χ0) is 14.5. The summed E-state index contributed by atoms with van der Waals surface area (Å²) in [4.78, 5) is 2.56. The summed E-state index contributed by atoms with van der Waals surface area (Å²) in [5, 5.41) is 13.5. The monoisotopic (exact) mass is 270 g/mol. The van der Waals surface area contributed by atoms with Crippen molar-refractivity contribution < 1.29 is 5.11 Å². The predicted octanol–water partition coefficient (Wildman–Crippen LogP) is 2.78. The van der Waals surface area contributed by atoms with Crippen molar-refractivity contribution in [1.82, 2.24) is 10.2 Å². The van der Waals surface area contributed by atoms with Gasteiger partial charge in [0.15, 0.2) is 0 Å². The predicted molar refractivity (Wildman–Crippen MR) is 82.5 cm³/mol. The lowest BCUT2D eigenvalue weighted by Crippen LogP contribution is -2.58. The topological polar surface area (TPSA) is 35.5 Å². The molecule has 2 atom stereocenters. The van der Waals surface area contributed by atoms with Gasteiger partial charge in [0.2, 0.25) is 0 Å². The molecule has 0 amide bonds. The molecule has 1 rings (SSSR count). The molecule has 0 aliphatic heterocycles. The Morgan fingerprint density at radius 3 is 2.42 bits per heavy atom. The molecule has 0 heterocycles. The van der Waals surface area contributed by atoms with E-state index in [0.717, 1.165) is 12.8 Å². The normalized spacial score (nSPS) is 28.6. The number of hydrogen-bond donors (Lipinski definition) is 2. The molecule has 0 radical (unpaired) electrons. The van der Waals surface area contributed by atoms with Crippen LogP contribution in [-0.2, 0) is 0 Å². The molecule has 2 N–H and O–H groups in total. The van der Waals surface area contributed by atoms with Gasteiger partial charge in [-0.05, 0) is 45.6 Å². The van der Waals surface area contributed by atoms with Crippen LogP contribution in [0.25, 0.3) is 0 Å². The number of aliphatic hydroxyl groups is 1. The highest BCUT2D eigenvalue weighted by Crippen LogP contribution is 2.32. The van der Waals surface area contributed by atoms with E-state index in [2.05, 4.69) is 45.0 Å². The van der Waals surface area contributed by atoms with Gasteiger partial charge >= 0.3 is 0 Å². The average molecular weight is 270 g/mol. The van der Waals surface area contributed by atoms with Gasteiger partial charge in [-0.2, -0.15) is 0 Å². The zero-order valence-corrected chi connectivity index (χ0v) is 13.6. The quantitative estimate of drug-likeness (QED) is 0.747. The molecule has 0 aromatic heterocycles. The fourth-order valence-electron chi connectivity index (χ4n) is 3.77. The van der Waals surface area contributed by atoms with Crippen LogP contribution in [0.2, 0.25) is 0 Å². The van der Waals surface area contributed by atoms with Gasteiger partial charge in [0.05, 0.1) is 6.61 Å². The number of aliphatic hydroxyl groups excluding tert-OH is 1. The Morgan fingerprint density at radius 2 is 1.95 bits per heavy atom. The number of nitrogens with zero attached hydrogens (tertiary/aromatic N) is 1. The van der Waals surface area contributed by atoms with E-state index < -0.39 is 0 Å². The lowest BCUT2D eigenvalue weighted by molar-refractivity contribution is 0.0461. The Bertz CT molecular complexity index is 253. The minimum atomic E-state index is -0.0582. The zero-order valence-electron chi connectivity index (χ0n) is 13.6. The maximum absolute atomic E-state index is 9.86. The second kappa shape index (κ2) is 7.61. The molecule has 0 spiro atoms. The summed E-state index contributed by atoms with van der Waals surface area (Å²) >= 11 is 0. The molecular weight excluding hydrogens is 236 g/mol. The van der Waals surface area contributed by atoms with Gasteiger partial charge in [-0.15, -0.1) is 0 Å². The van der Waals surface area contributed by atoms with Crippen molar-refractivity contribution in [2.45, 2.75) is 89.9 Å². The lowest BCUT2D eigenvalue weighted by Gasteiger charge is -2.46. The van der Waals surface area contributed by atoms with E-state index in [1.54, 1.807) is 0 Å². The standard InChI is InChI=1S/C16H34N2O/c1-6-14(7-2)18(5)15-9-8-10-16(11-15,12-19)17-13(3)4/h13-15,17,19H,6-12H2,1-5H3. The molecule has 19 heavy (non-hydrogen) atoms. The largest absolute Gasteiger partial charge is 0.394 e. The van der Waals surface area contributed by atoms with Crippen LogP contribution in [-0.4, -0.2) is 47.3 Å². The maximum atomic E-state index is 9.86. The summed E-state index contributed by atoms with van der Waals surface area (Å²) in [6, 6.07) is 1.72. The molecule has 0 aromatic rings. The van der Waals surface area contributed by atoms with Crippen molar-refractivity contribution in [2.24, 2.45) is 0 Å². The Morgan fingerprint density at radius 1 is 1.32 bits per heavy atom. The molecule has 0 aromatic carbocycles. The van der Waals surface area contributed by atoms with Crippen LogP contribution < -0.4 is 5.32 Å². The third-order valence-corrected chi connectivity index (χ3v) is 4.81. The Kier molecular flexibility index (Phi) is 6.78. The fourth-order valence-corrected chi connectivity index (χ4v) is 3.77. The van der Waals surface area contributed by atoms with Gasteiger partial charge in [0.1, 0.15) is 0 Å². The molecule has 1 saturated carbocycles. The minimum absolute atomic E-state index is 0.0582. The van der Waals surface area contributed by atoms with Crippen molar-refractivity contribution >= 4 is 0 Å². The molecule has 3 heteroatoms. The van der Waals surface area contributed by atoms with Crippen LogP contribution in [0, 0.1) is 0 Å². The maximum Gasteiger partial charge on any atom is 0.0613 e. The first-order valence-electron chi connectivity index (χ1n) is 8.08. The molecule has 2 unspecified atom stereocenters. The van der Waals surface area contributed by atoms with Gasteiger partial charge < -0.3 is 15.3 Å². The van der Waals surface area contributed by atoms with Crippen molar-refractivity contribution in [1.29, 1.82) is 0 Å². The van der Waals surface area contributed by atoms with Crippen molar-refractivity contribution in [3.8, 4) is 0 Å². The highest BCUT2D eigenvalue weighted by molar-refractivity contribution is 4.97. The van der Waals surface area contributed by atoms with Gasteiger partial charge in [-0.25, -0.2) is 0 Å². The Balaban J connectivity index is 2.71. The first kappa shape index (κ1) is 16.9. The van der Waals surface area contributed by atoms with Crippen LogP contribution in [0.3, 0.4) is 0 Å². The van der Waals surface area contributed by atoms with Crippen molar-refractivity contribution in [3.05, 3.63) is 0 Å². The van der Waals surface area contributed by atoms with Crippen LogP contribution in [0.4, 0.5) is 0 Å². The summed E-state index contributed by atoms with van der Waals surface area (Å²) in [6.45, 7) is 9.16. The smallest absolute Gasteiger partial charge is 0.0613 e. The summed E-state index contributed by atoms with van der Waals surface area (Å²) in [6.07, 6.45) is 7.11. The van der Waals surface area contributed by atoms with Crippen molar-refractivity contribution in [2.75, 3.05) is 13.7 Å². The summed E-state index contributed by atoms with van der Waals surface area (Å²) < 4.78 is 0. The number of rotatable bonds is 7. The first-order valence-corrected chi connectivity index (χ1v) is 8.08. The summed E-state index contributed by atoms with van der Waals surface area (Å²) in [5.41, 5.74) is -0.0582. The van der Waals surface area contributed by atoms with E-state index in [4.69, 9.17) is 0 Å². The molecule has 1 aliphatic rings. The summed E-state index contributed by atoms with van der Waals surface area (Å²) in [5.74, 6) is 0. The van der Waals surface area contributed by atoms with Gasteiger partial charge in [0, 0.05) is 23.7 Å². The fraction of sp³-hybridized carbons (Fsp3) is 1.00. The Labute approximate surface area is 119 Å². The van der Waals surface area contributed by atoms with E-state index in [9.17, 15) is 5.11 Å². The van der Waals surface area contributed by atoms with Gasteiger partial charge in [-0.1, -0.05) is 27.7 Å². The second-order valence-corrected chi connectivity index (χ2v) is 6.62. The number of hydrogen-bond acceptors (Lipinski definition) is 3. The molecule has 0 bridgehead atoms. The Hall–Kier alpha value is -0.120. The molecule has 1 aliphatic carbocycles. The van der Waals surface area contributed by atoms with Crippen LogP contribution in [0.15, 0.2) is 0 Å². The third kappa shape index (κ3) is 4.44. The third-order valence-electron chi connectivity index (χ3n) is 4.81. The molecule has 114 valence electrons. The highest BCUT2D eigenvalue weighted by Gasteiger charge is 2.38. The van der Waals surface area contributed by atoms with E-state index in [1.165, 1.54) is 25.7 Å². The van der Waals surface area contributed by atoms with Crippen LogP contribution in [0.1, 0.15) is 66.2 Å². The van der Waals surface area contributed by atoms with E-state index in [1.807, 2.05) is 0 Å². The highest BCUT2D eigenvalue weighted by atomic mass is 16.3. The van der Waals surface area contributed by atoms with Gasteiger partial charge in [-0.3, -0.25) is 0 Å². The van der Waals surface area contributed by atoms with E-state index in [-0.39, 0.29) is 12.1 Å². The molecule has 0 saturated heterocycles. The average Bonchev–Trinajstić information content (AvgIpc) is 2.39. The van der Waals surface area contributed by atoms with E-state index >= 15 is 0 Å².